The number of amides is 1. The normalized spacial score (nSPS) is 10.7. The van der Waals surface area contributed by atoms with E-state index >= 15 is 0 Å². The Morgan fingerprint density at radius 1 is 1.17 bits per heavy atom. The number of hydrogen-bond donors (Lipinski definition) is 1. The highest BCUT2D eigenvalue weighted by molar-refractivity contribution is 7.21. The summed E-state index contributed by atoms with van der Waals surface area (Å²) in [6, 6.07) is 12.8. The van der Waals surface area contributed by atoms with E-state index in [1.54, 1.807) is 12.1 Å². The van der Waals surface area contributed by atoms with Crippen molar-refractivity contribution in [2.45, 2.75) is 6.92 Å². The highest BCUT2D eigenvalue weighted by Crippen LogP contribution is 2.39. The number of carbonyl (C=O) groups is 1. The molecular formula is C17H13Cl2NO2S. The first-order chi connectivity index (χ1) is 11.1. The van der Waals surface area contributed by atoms with Gasteiger partial charge in [0.05, 0.1) is 22.3 Å². The summed E-state index contributed by atoms with van der Waals surface area (Å²) >= 11 is 13.9. The first-order valence-electron chi connectivity index (χ1n) is 7.01. The second-order valence-electron chi connectivity index (χ2n) is 4.74. The molecule has 0 saturated carbocycles. The Morgan fingerprint density at radius 3 is 2.70 bits per heavy atom. The van der Waals surface area contributed by atoms with E-state index < -0.39 is 0 Å². The number of carbonyl (C=O) groups excluding carboxylic acids is 1. The van der Waals surface area contributed by atoms with Crippen LogP contribution in [-0.2, 0) is 0 Å². The lowest BCUT2D eigenvalue weighted by molar-refractivity contribution is 0.103. The molecule has 1 heterocycles. The summed E-state index contributed by atoms with van der Waals surface area (Å²) in [7, 11) is 0. The topological polar surface area (TPSA) is 38.3 Å². The number of nitrogens with one attached hydrogen (secondary N) is 1. The highest BCUT2D eigenvalue weighted by atomic mass is 35.5. The third-order valence-electron chi connectivity index (χ3n) is 3.25. The summed E-state index contributed by atoms with van der Waals surface area (Å²) in [4.78, 5) is 13.0. The molecule has 118 valence electrons. The van der Waals surface area contributed by atoms with Gasteiger partial charge in [-0.3, -0.25) is 4.79 Å². The number of rotatable bonds is 4. The van der Waals surface area contributed by atoms with E-state index in [9.17, 15) is 4.79 Å². The van der Waals surface area contributed by atoms with E-state index in [-0.39, 0.29) is 5.91 Å². The van der Waals surface area contributed by atoms with E-state index in [4.69, 9.17) is 27.9 Å². The van der Waals surface area contributed by atoms with Crippen molar-refractivity contribution in [3.63, 3.8) is 0 Å². The largest absolute Gasteiger partial charge is 0.492 e. The highest BCUT2D eigenvalue weighted by Gasteiger charge is 2.19. The first-order valence-corrected chi connectivity index (χ1v) is 8.58. The van der Waals surface area contributed by atoms with Crippen molar-refractivity contribution in [1.82, 2.24) is 0 Å². The van der Waals surface area contributed by atoms with Crippen molar-refractivity contribution in [2.24, 2.45) is 0 Å². The number of ether oxygens (including phenoxy) is 1. The number of halogens is 2. The van der Waals surface area contributed by atoms with Crippen LogP contribution in [0.3, 0.4) is 0 Å². The Labute approximate surface area is 147 Å². The van der Waals surface area contributed by atoms with Crippen molar-refractivity contribution in [3.05, 3.63) is 57.4 Å². The molecule has 23 heavy (non-hydrogen) atoms. The minimum absolute atomic E-state index is 0.278. The lowest BCUT2D eigenvalue weighted by Gasteiger charge is -2.10. The molecule has 0 aliphatic carbocycles. The molecule has 0 unspecified atom stereocenters. The maximum absolute atomic E-state index is 12.6. The van der Waals surface area contributed by atoms with Crippen molar-refractivity contribution in [1.29, 1.82) is 0 Å². The van der Waals surface area contributed by atoms with Gasteiger partial charge in [-0.2, -0.15) is 0 Å². The Hall–Kier alpha value is -1.75. The molecule has 0 fully saturated rings. The van der Waals surface area contributed by atoms with Gasteiger partial charge in [-0.25, -0.2) is 0 Å². The van der Waals surface area contributed by atoms with Gasteiger partial charge in [-0.05, 0) is 31.2 Å². The molecule has 0 spiro atoms. The molecule has 0 saturated heterocycles. The van der Waals surface area contributed by atoms with E-state index in [0.29, 0.717) is 38.4 Å². The Bertz CT molecular complexity index is 876. The minimum atomic E-state index is -0.278. The van der Waals surface area contributed by atoms with Crippen molar-refractivity contribution in [3.8, 4) is 5.75 Å². The Balaban J connectivity index is 1.96. The van der Waals surface area contributed by atoms with Gasteiger partial charge in [0, 0.05) is 10.1 Å². The van der Waals surface area contributed by atoms with Gasteiger partial charge in [0.25, 0.3) is 5.91 Å². The molecule has 2 aromatic carbocycles. The average molecular weight is 366 g/mol. The second kappa shape index (κ2) is 6.79. The maximum Gasteiger partial charge on any atom is 0.267 e. The lowest BCUT2D eigenvalue weighted by atomic mass is 10.2. The molecule has 3 aromatic rings. The molecule has 0 radical (unpaired) electrons. The fourth-order valence-electron chi connectivity index (χ4n) is 2.25. The Morgan fingerprint density at radius 2 is 1.96 bits per heavy atom. The number of hydrogen-bond acceptors (Lipinski definition) is 3. The molecular weight excluding hydrogens is 353 g/mol. The summed E-state index contributed by atoms with van der Waals surface area (Å²) in [5.41, 5.74) is 0.610. The summed E-state index contributed by atoms with van der Waals surface area (Å²) < 4.78 is 6.40. The zero-order valence-electron chi connectivity index (χ0n) is 12.2. The van der Waals surface area contributed by atoms with Crippen LogP contribution in [0.15, 0.2) is 42.5 Å². The fourth-order valence-corrected chi connectivity index (χ4v) is 4.10. The van der Waals surface area contributed by atoms with Crippen LogP contribution >= 0.6 is 34.5 Å². The zero-order chi connectivity index (χ0) is 16.4. The minimum Gasteiger partial charge on any atom is -0.492 e. The van der Waals surface area contributed by atoms with Crippen LogP contribution < -0.4 is 10.1 Å². The summed E-state index contributed by atoms with van der Waals surface area (Å²) in [6.07, 6.45) is 0. The smallest absolute Gasteiger partial charge is 0.267 e. The van der Waals surface area contributed by atoms with E-state index in [2.05, 4.69) is 5.32 Å². The number of fused-ring (bicyclic) bond motifs is 1. The molecule has 6 heteroatoms. The third kappa shape index (κ3) is 3.15. The molecule has 1 aromatic heterocycles. The molecule has 3 rings (SSSR count). The molecule has 0 aliphatic heterocycles. The first kappa shape index (κ1) is 16.1. The number of para-hydroxylation sites is 2. The van der Waals surface area contributed by atoms with Crippen LogP contribution in [0.25, 0.3) is 10.1 Å². The van der Waals surface area contributed by atoms with Gasteiger partial charge >= 0.3 is 0 Å². The summed E-state index contributed by atoms with van der Waals surface area (Å²) in [5.74, 6) is 0.345. The van der Waals surface area contributed by atoms with E-state index in [1.807, 2.05) is 37.3 Å². The maximum atomic E-state index is 12.6. The van der Waals surface area contributed by atoms with Crippen molar-refractivity contribution >= 4 is 56.2 Å². The molecule has 3 nitrogen and oxygen atoms in total. The van der Waals surface area contributed by atoms with Gasteiger partial charge in [-0.1, -0.05) is 41.4 Å². The van der Waals surface area contributed by atoms with Crippen LogP contribution in [-0.4, -0.2) is 12.5 Å². The van der Waals surface area contributed by atoms with Crippen LogP contribution in [0.2, 0.25) is 10.0 Å². The summed E-state index contributed by atoms with van der Waals surface area (Å²) in [5, 5.41) is 4.48. The molecule has 0 bridgehead atoms. The SMILES string of the molecule is CCOc1ccccc1NC(=O)c1sc2cccc(Cl)c2c1Cl. The second-order valence-corrected chi connectivity index (χ2v) is 6.58. The quantitative estimate of drug-likeness (QED) is 0.628. The summed E-state index contributed by atoms with van der Waals surface area (Å²) in [6.45, 7) is 2.41. The van der Waals surface area contributed by atoms with E-state index in [0.717, 1.165) is 4.70 Å². The third-order valence-corrected chi connectivity index (χ3v) is 5.21. The van der Waals surface area contributed by atoms with Crippen LogP contribution in [0.4, 0.5) is 5.69 Å². The van der Waals surface area contributed by atoms with Crippen molar-refractivity contribution in [2.75, 3.05) is 11.9 Å². The molecule has 1 amide bonds. The molecule has 0 atom stereocenters. The zero-order valence-corrected chi connectivity index (χ0v) is 14.6. The number of anilines is 1. The van der Waals surface area contributed by atoms with Gasteiger partial charge < -0.3 is 10.1 Å². The average Bonchev–Trinajstić information content (AvgIpc) is 2.88. The fraction of sp³-hybridized carbons (Fsp3) is 0.118. The van der Waals surface area contributed by atoms with Gasteiger partial charge in [0.15, 0.2) is 0 Å². The lowest BCUT2D eigenvalue weighted by Crippen LogP contribution is -2.11. The molecule has 1 N–H and O–H groups in total. The van der Waals surface area contributed by atoms with Crippen LogP contribution in [0.5, 0.6) is 5.75 Å². The predicted octanol–water partition coefficient (Wildman–Crippen LogP) is 5.86. The van der Waals surface area contributed by atoms with Gasteiger partial charge in [0.2, 0.25) is 0 Å². The Kier molecular flexibility index (Phi) is 4.76. The van der Waals surface area contributed by atoms with E-state index in [1.165, 1.54) is 11.3 Å². The number of benzene rings is 2. The number of thiophene rings is 1. The van der Waals surface area contributed by atoms with Gasteiger partial charge in [0.1, 0.15) is 10.6 Å². The van der Waals surface area contributed by atoms with Gasteiger partial charge in [-0.15, -0.1) is 11.3 Å². The van der Waals surface area contributed by atoms with Crippen molar-refractivity contribution < 1.29 is 9.53 Å². The standard InChI is InChI=1S/C17H13Cl2NO2S/c1-2-22-12-8-4-3-7-11(12)20-17(21)16-15(19)14-10(18)6-5-9-13(14)23-16/h3-9H,2H2,1H3,(H,20,21). The monoisotopic (exact) mass is 365 g/mol. The predicted molar refractivity (Wildman–Crippen MR) is 97.4 cm³/mol. The van der Waals surface area contributed by atoms with Crippen LogP contribution in [0, 0.1) is 0 Å². The van der Waals surface area contributed by atoms with Crippen LogP contribution in [0.1, 0.15) is 16.6 Å². The molecule has 0 aliphatic rings.